The Morgan fingerprint density at radius 1 is 0.913 bits per heavy atom. The average Bonchev–Trinajstić information content (AvgIpc) is 2.60. The fourth-order valence-corrected chi connectivity index (χ4v) is 2.66. The van der Waals surface area contributed by atoms with Crippen molar-refractivity contribution in [3.8, 4) is 5.75 Å². The molecule has 1 N–H and O–H groups in total. The molecule has 3 rings (SSSR count). The topological polar surface area (TPSA) is 55.4 Å². The Labute approximate surface area is 134 Å². The molecule has 0 radical (unpaired) electrons. The molecule has 0 unspecified atom stereocenters. The zero-order chi connectivity index (χ0) is 16.4. The van der Waals surface area contributed by atoms with Crippen molar-refractivity contribution in [2.24, 2.45) is 0 Å². The van der Waals surface area contributed by atoms with Gasteiger partial charge in [-0.2, -0.15) is 0 Å². The molecule has 0 heterocycles. The summed E-state index contributed by atoms with van der Waals surface area (Å²) in [6, 6.07) is 14.4. The van der Waals surface area contributed by atoms with Crippen LogP contribution in [0.2, 0.25) is 0 Å². The molecule has 0 saturated heterocycles. The van der Waals surface area contributed by atoms with Crippen LogP contribution < -0.4 is 10.1 Å². The van der Waals surface area contributed by atoms with Crippen LogP contribution in [0.1, 0.15) is 27.6 Å². The molecule has 23 heavy (non-hydrogen) atoms. The van der Waals surface area contributed by atoms with E-state index >= 15 is 0 Å². The molecule has 0 aliphatic heterocycles. The number of benzene rings is 2. The van der Waals surface area contributed by atoms with Crippen LogP contribution in [-0.4, -0.2) is 25.2 Å². The third-order valence-corrected chi connectivity index (χ3v) is 4.04. The summed E-state index contributed by atoms with van der Waals surface area (Å²) in [6.07, 6.45) is 0. The standard InChI is InChI=1S/C19H17NO3/c1-12-17(11-20-13-7-9-14(23-2)10-8-13)19(22)16-6-4-3-5-15(16)18(12)21/h3-10,20H,11H2,1-2H3. The Bertz CT molecular complexity index is 804. The zero-order valence-electron chi connectivity index (χ0n) is 13.1. The van der Waals surface area contributed by atoms with Gasteiger partial charge in [0.1, 0.15) is 5.75 Å². The first-order valence-corrected chi connectivity index (χ1v) is 7.38. The smallest absolute Gasteiger partial charge is 0.191 e. The van der Waals surface area contributed by atoms with Gasteiger partial charge in [-0.15, -0.1) is 0 Å². The van der Waals surface area contributed by atoms with Crippen molar-refractivity contribution in [2.75, 3.05) is 19.0 Å². The van der Waals surface area contributed by atoms with Crippen LogP contribution in [0.4, 0.5) is 5.69 Å². The molecule has 1 aliphatic carbocycles. The number of ether oxygens (including phenoxy) is 1. The van der Waals surface area contributed by atoms with Crippen LogP contribution >= 0.6 is 0 Å². The maximum Gasteiger partial charge on any atom is 0.191 e. The lowest BCUT2D eigenvalue weighted by molar-refractivity contribution is 0.0974. The summed E-state index contributed by atoms with van der Waals surface area (Å²) in [4.78, 5) is 25.0. The van der Waals surface area contributed by atoms with Crippen LogP contribution in [0.25, 0.3) is 0 Å². The van der Waals surface area contributed by atoms with Crippen molar-refractivity contribution in [3.63, 3.8) is 0 Å². The van der Waals surface area contributed by atoms with Crippen LogP contribution in [-0.2, 0) is 0 Å². The van der Waals surface area contributed by atoms with Gasteiger partial charge in [-0.05, 0) is 31.2 Å². The van der Waals surface area contributed by atoms with Gasteiger partial charge >= 0.3 is 0 Å². The summed E-state index contributed by atoms with van der Waals surface area (Å²) in [5.74, 6) is 0.606. The average molecular weight is 307 g/mol. The van der Waals surface area contributed by atoms with E-state index in [0.29, 0.717) is 28.8 Å². The van der Waals surface area contributed by atoms with Crippen LogP contribution in [0, 0.1) is 0 Å². The fraction of sp³-hybridized carbons (Fsp3) is 0.158. The number of ketones is 2. The van der Waals surface area contributed by atoms with Crippen molar-refractivity contribution in [1.82, 2.24) is 0 Å². The van der Waals surface area contributed by atoms with Crippen LogP contribution in [0.3, 0.4) is 0 Å². The first kappa shape index (κ1) is 15.0. The van der Waals surface area contributed by atoms with E-state index in [9.17, 15) is 9.59 Å². The SMILES string of the molecule is COc1ccc(NCC2=C(C)C(=O)c3ccccc3C2=O)cc1. The van der Waals surface area contributed by atoms with E-state index in [1.54, 1.807) is 38.3 Å². The van der Waals surface area contributed by atoms with Crippen molar-refractivity contribution in [1.29, 1.82) is 0 Å². The first-order chi connectivity index (χ1) is 11.1. The molecule has 0 bridgehead atoms. The summed E-state index contributed by atoms with van der Waals surface area (Å²) in [7, 11) is 1.61. The Kier molecular flexibility index (Phi) is 3.98. The number of hydrogen-bond donors (Lipinski definition) is 1. The molecule has 116 valence electrons. The summed E-state index contributed by atoms with van der Waals surface area (Å²) in [6.45, 7) is 2.03. The van der Waals surface area contributed by atoms with Gasteiger partial charge in [0.25, 0.3) is 0 Å². The van der Waals surface area contributed by atoms with Gasteiger partial charge in [0.05, 0.1) is 7.11 Å². The Morgan fingerprint density at radius 2 is 1.52 bits per heavy atom. The second-order valence-electron chi connectivity index (χ2n) is 5.39. The minimum Gasteiger partial charge on any atom is -0.497 e. The highest BCUT2D eigenvalue weighted by Gasteiger charge is 2.29. The minimum atomic E-state index is -0.0845. The van der Waals surface area contributed by atoms with Gasteiger partial charge in [-0.1, -0.05) is 24.3 Å². The number of methoxy groups -OCH3 is 1. The van der Waals surface area contributed by atoms with Crippen LogP contribution in [0.15, 0.2) is 59.7 Å². The molecule has 4 nitrogen and oxygen atoms in total. The number of Topliss-reactive ketones (excluding diaryl/α,β-unsaturated/α-hetero) is 2. The highest BCUT2D eigenvalue weighted by molar-refractivity contribution is 6.26. The molecule has 4 heteroatoms. The van der Waals surface area contributed by atoms with Crippen molar-refractivity contribution < 1.29 is 14.3 Å². The largest absolute Gasteiger partial charge is 0.497 e. The van der Waals surface area contributed by atoms with E-state index in [1.165, 1.54) is 0 Å². The Morgan fingerprint density at radius 3 is 2.13 bits per heavy atom. The van der Waals surface area contributed by atoms with Gasteiger partial charge in [0, 0.05) is 34.5 Å². The lowest BCUT2D eigenvalue weighted by Gasteiger charge is -2.19. The number of fused-ring (bicyclic) bond motifs is 1. The number of rotatable bonds is 4. The second kappa shape index (κ2) is 6.08. The zero-order valence-corrected chi connectivity index (χ0v) is 13.1. The molecule has 0 amide bonds. The van der Waals surface area contributed by atoms with Crippen LogP contribution in [0.5, 0.6) is 5.75 Å². The maximum absolute atomic E-state index is 12.6. The highest BCUT2D eigenvalue weighted by atomic mass is 16.5. The number of anilines is 1. The number of carbonyl (C=O) groups excluding carboxylic acids is 2. The van der Waals surface area contributed by atoms with Crippen molar-refractivity contribution in [2.45, 2.75) is 6.92 Å². The lowest BCUT2D eigenvalue weighted by Crippen LogP contribution is -2.25. The second-order valence-corrected chi connectivity index (χ2v) is 5.39. The lowest BCUT2D eigenvalue weighted by atomic mass is 9.84. The third kappa shape index (κ3) is 2.75. The summed E-state index contributed by atoms with van der Waals surface area (Å²) >= 11 is 0. The quantitative estimate of drug-likeness (QED) is 0.939. The molecule has 0 fully saturated rings. The number of hydrogen-bond acceptors (Lipinski definition) is 4. The van der Waals surface area contributed by atoms with E-state index in [-0.39, 0.29) is 11.6 Å². The maximum atomic E-state index is 12.6. The monoisotopic (exact) mass is 307 g/mol. The third-order valence-electron chi connectivity index (χ3n) is 4.04. The van der Waals surface area contributed by atoms with Gasteiger partial charge in [0.15, 0.2) is 11.6 Å². The molecule has 2 aromatic rings. The fourth-order valence-electron chi connectivity index (χ4n) is 2.66. The highest BCUT2D eigenvalue weighted by Crippen LogP contribution is 2.26. The Balaban J connectivity index is 1.83. The molecular formula is C19H17NO3. The molecule has 0 aromatic heterocycles. The summed E-state index contributed by atoms with van der Waals surface area (Å²) in [5.41, 5.74) is 2.86. The molecule has 2 aromatic carbocycles. The van der Waals surface area contributed by atoms with Gasteiger partial charge in [-0.25, -0.2) is 0 Å². The number of allylic oxidation sites excluding steroid dienone is 1. The summed E-state index contributed by atoms with van der Waals surface area (Å²) in [5, 5.41) is 3.19. The van der Waals surface area contributed by atoms with E-state index in [0.717, 1.165) is 11.4 Å². The van der Waals surface area contributed by atoms with Crippen molar-refractivity contribution >= 4 is 17.3 Å². The van der Waals surface area contributed by atoms with E-state index < -0.39 is 0 Å². The number of carbonyl (C=O) groups is 2. The first-order valence-electron chi connectivity index (χ1n) is 7.38. The van der Waals surface area contributed by atoms with E-state index in [4.69, 9.17) is 4.74 Å². The predicted molar refractivity (Wildman–Crippen MR) is 89.3 cm³/mol. The van der Waals surface area contributed by atoms with Gasteiger partial charge < -0.3 is 10.1 Å². The molecule has 0 spiro atoms. The molecule has 1 aliphatic rings. The molecule has 0 atom stereocenters. The molecular weight excluding hydrogens is 290 g/mol. The van der Waals surface area contributed by atoms with E-state index in [2.05, 4.69) is 5.32 Å². The molecule has 0 saturated carbocycles. The van der Waals surface area contributed by atoms with Gasteiger partial charge in [-0.3, -0.25) is 9.59 Å². The van der Waals surface area contributed by atoms with E-state index in [1.807, 2.05) is 24.3 Å². The van der Waals surface area contributed by atoms with Crippen molar-refractivity contribution in [3.05, 3.63) is 70.8 Å². The summed E-state index contributed by atoms with van der Waals surface area (Å²) < 4.78 is 5.12. The van der Waals surface area contributed by atoms with Gasteiger partial charge in [0.2, 0.25) is 0 Å². The predicted octanol–water partition coefficient (Wildman–Crippen LogP) is 3.50. The number of nitrogens with one attached hydrogen (secondary N) is 1. The minimum absolute atomic E-state index is 0.0771. The normalized spacial score (nSPS) is 13.8. The Hall–Kier alpha value is -2.88.